The Morgan fingerprint density at radius 3 is 2.41 bits per heavy atom. The minimum absolute atomic E-state index is 0.742. The molecule has 0 unspecified atom stereocenters. The highest BCUT2D eigenvalue weighted by atomic mass is 32.1. The lowest BCUT2D eigenvalue weighted by Crippen LogP contribution is -1.87. The van der Waals surface area contributed by atoms with E-state index < -0.39 is 0 Å². The van der Waals surface area contributed by atoms with Crippen LogP contribution in [-0.4, -0.2) is 15.0 Å². The lowest BCUT2D eigenvalue weighted by atomic mass is 10.1. The van der Waals surface area contributed by atoms with E-state index >= 15 is 0 Å². The molecule has 0 radical (unpaired) electrons. The summed E-state index contributed by atoms with van der Waals surface area (Å²) in [5.41, 5.74) is 2.11. The fourth-order valence-electron chi connectivity index (χ4n) is 1.61. The Morgan fingerprint density at radius 2 is 1.65 bits per heavy atom. The summed E-state index contributed by atoms with van der Waals surface area (Å²) < 4.78 is 0. The lowest BCUT2D eigenvalue weighted by molar-refractivity contribution is 1.18. The average Bonchev–Trinajstić information content (AvgIpc) is 2.94. The number of rotatable bonds is 2. The normalized spacial score (nSPS) is 10.4. The number of thiazole rings is 1. The maximum Gasteiger partial charge on any atom is 0.159 e. The quantitative estimate of drug-likeness (QED) is 0.689. The van der Waals surface area contributed by atoms with Crippen molar-refractivity contribution in [1.82, 2.24) is 15.0 Å². The third-order valence-electron chi connectivity index (χ3n) is 2.37. The highest BCUT2D eigenvalue weighted by molar-refractivity contribution is 7.13. The summed E-state index contributed by atoms with van der Waals surface area (Å²) in [5.74, 6) is 0.742. The molecule has 3 aromatic rings. The zero-order valence-electron chi connectivity index (χ0n) is 8.95. The van der Waals surface area contributed by atoms with Crippen molar-refractivity contribution in [3.63, 3.8) is 0 Å². The zero-order valence-corrected chi connectivity index (χ0v) is 9.76. The van der Waals surface area contributed by atoms with Crippen LogP contribution >= 0.6 is 11.3 Å². The predicted molar refractivity (Wildman–Crippen MR) is 68.6 cm³/mol. The highest BCUT2D eigenvalue weighted by Crippen LogP contribution is 2.25. The van der Waals surface area contributed by atoms with E-state index in [9.17, 15) is 0 Å². The second-order valence-corrected chi connectivity index (χ2v) is 4.39. The molecule has 17 heavy (non-hydrogen) atoms. The van der Waals surface area contributed by atoms with Gasteiger partial charge in [0.1, 0.15) is 5.01 Å². The van der Waals surface area contributed by atoms with Gasteiger partial charge in [-0.3, -0.25) is 0 Å². The molecule has 3 nitrogen and oxygen atoms in total. The van der Waals surface area contributed by atoms with Gasteiger partial charge in [0.25, 0.3) is 0 Å². The Kier molecular flexibility index (Phi) is 2.63. The SMILES string of the molecule is c1cnc(-c2cccc(-c3nccs3)c2)nc1. The standard InChI is InChI=1S/C13H9N3S/c1-3-10(12-14-5-2-6-15-12)9-11(4-1)13-16-7-8-17-13/h1-9H. The van der Waals surface area contributed by atoms with Gasteiger partial charge in [-0.2, -0.15) is 0 Å². The first-order valence-electron chi connectivity index (χ1n) is 5.21. The van der Waals surface area contributed by atoms with E-state index in [2.05, 4.69) is 21.0 Å². The van der Waals surface area contributed by atoms with E-state index in [1.165, 1.54) is 0 Å². The number of hydrogen-bond acceptors (Lipinski definition) is 4. The average molecular weight is 239 g/mol. The van der Waals surface area contributed by atoms with Crippen molar-refractivity contribution in [3.8, 4) is 22.0 Å². The molecule has 0 amide bonds. The predicted octanol–water partition coefficient (Wildman–Crippen LogP) is 3.27. The van der Waals surface area contributed by atoms with Crippen LogP contribution in [0.5, 0.6) is 0 Å². The van der Waals surface area contributed by atoms with Crippen molar-refractivity contribution >= 4 is 11.3 Å². The Balaban J connectivity index is 2.06. The fraction of sp³-hybridized carbons (Fsp3) is 0. The Morgan fingerprint density at radius 1 is 0.824 bits per heavy atom. The van der Waals surface area contributed by atoms with Crippen molar-refractivity contribution in [2.45, 2.75) is 0 Å². The fourth-order valence-corrected chi connectivity index (χ4v) is 2.24. The minimum atomic E-state index is 0.742. The van der Waals surface area contributed by atoms with Crippen LogP contribution in [0.4, 0.5) is 0 Å². The van der Waals surface area contributed by atoms with E-state index in [0.717, 1.165) is 22.0 Å². The van der Waals surface area contributed by atoms with Crippen molar-refractivity contribution in [2.75, 3.05) is 0 Å². The molecule has 0 aliphatic carbocycles. The van der Waals surface area contributed by atoms with Crippen LogP contribution < -0.4 is 0 Å². The highest BCUT2D eigenvalue weighted by Gasteiger charge is 2.04. The van der Waals surface area contributed by atoms with Gasteiger partial charge in [-0.05, 0) is 12.1 Å². The molecule has 0 aliphatic rings. The number of aromatic nitrogens is 3. The second-order valence-electron chi connectivity index (χ2n) is 3.49. The summed E-state index contributed by atoms with van der Waals surface area (Å²) in [6.45, 7) is 0. The Hall–Kier alpha value is -2.07. The minimum Gasteiger partial charge on any atom is -0.245 e. The zero-order chi connectivity index (χ0) is 11.5. The topological polar surface area (TPSA) is 38.7 Å². The first-order chi connectivity index (χ1) is 8.43. The Bertz CT molecular complexity index is 606. The van der Waals surface area contributed by atoms with Crippen LogP contribution in [0.1, 0.15) is 0 Å². The molecule has 0 fully saturated rings. The summed E-state index contributed by atoms with van der Waals surface area (Å²) in [5, 5.41) is 2.99. The molecule has 2 heterocycles. The van der Waals surface area contributed by atoms with Gasteiger partial charge in [0.05, 0.1) is 0 Å². The largest absolute Gasteiger partial charge is 0.245 e. The van der Waals surface area contributed by atoms with Gasteiger partial charge in [-0.25, -0.2) is 15.0 Å². The molecule has 0 N–H and O–H groups in total. The van der Waals surface area contributed by atoms with E-state index in [1.54, 1.807) is 23.7 Å². The molecule has 0 atom stereocenters. The van der Waals surface area contributed by atoms with Crippen LogP contribution in [0.2, 0.25) is 0 Å². The monoisotopic (exact) mass is 239 g/mol. The molecular formula is C13H9N3S. The van der Waals surface area contributed by atoms with Gasteiger partial charge in [0.15, 0.2) is 5.82 Å². The molecule has 0 bridgehead atoms. The first kappa shape index (κ1) is 10.1. The first-order valence-corrected chi connectivity index (χ1v) is 6.09. The second kappa shape index (κ2) is 4.43. The molecular weight excluding hydrogens is 230 g/mol. The molecule has 2 aromatic heterocycles. The van der Waals surface area contributed by atoms with Gasteiger partial charge in [0, 0.05) is 35.1 Å². The van der Waals surface area contributed by atoms with Crippen LogP contribution in [-0.2, 0) is 0 Å². The third-order valence-corrected chi connectivity index (χ3v) is 3.19. The molecule has 3 rings (SSSR count). The van der Waals surface area contributed by atoms with Crippen LogP contribution in [0, 0.1) is 0 Å². The van der Waals surface area contributed by atoms with E-state index in [1.807, 2.05) is 35.8 Å². The molecule has 82 valence electrons. The summed E-state index contributed by atoms with van der Waals surface area (Å²) >= 11 is 1.63. The maximum absolute atomic E-state index is 4.30. The van der Waals surface area contributed by atoms with Crippen molar-refractivity contribution < 1.29 is 0 Å². The molecule has 0 saturated heterocycles. The van der Waals surface area contributed by atoms with Gasteiger partial charge in [0.2, 0.25) is 0 Å². The van der Waals surface area contributed by atoms with Gasteiger partial charge in [-0.1, -0.05) is 18.2 Å². The van der Waals surface area contributed by atoms with Crippen LogP contribution in [0.25, 0.3) is 22.0 Å². The van der Waals surface area contributed by atoms with E-state index in [4.69, 9.17) is 0 Å². The van der Waals surface area contributed by atoms with Crippen molar-refractivity contribution in [1.29, 1.82) is 0 Å². The van der Waals surface area contributed by atoms with Gasteiger partial charge in [-0.15, -0.1) is 11.3 Å². The lowest BCUT2D eigenvalue weighted by Gasteiger charge is -2.01. The summed E-state index contributed by atoms with van der Waals surface area (Å²) in [7, 11) is 0. The molecule has 0 saturated carbocycles. The van der Waals surface area contributed by atoms with Crippen molar-refractivity contribution in [2.24, 2.45) is 0 Å². The van der Waals surface area contributed by atoms with E-state index in [0.29, 0.717) is 0 Å². The number of benzene rings is 1. The van der Waals surface area contributed by atoms with Gasteiger partial charge < -0.3 is 0 Å². The summed E-state index contributed by atoms with van der Waals surface area (Å²) in [4.78, 5) is 12.8. The molecule has 0 aliphatic heterocycles. The summed E-state index contributed by atoms with van der Waals surface area (Å²) in [6.07, 6.45) is 5.31. The van der Waals surface area contributed by atoms with Crippen molar-refractivity contribution in [3.05, 3.63) is 54.3 Å². The van der Waals surface area contributed by atoms with Gasteiger partial charge >= 0.3 is 0 Å². The van der Waals surface area contributed by atoms with E-state index in [-0.39, 0.29) is 0 Å². The molecule has 1 aromatic carbocycles. The van der Waals surface area contributed by atoms with Crippen LogP contribution in [0.3, 0.4) is 0 Å². The summed E-state index contributed by atoms with van der Waals surface area (Å²) in [6, 6.07) is 9.93. The smallest absolute Gasteiger partial charge is 0.159 e. The number of nitrogens with zero attached hydrogens (tertiary/aromatic N) is 3. The third kappa shape index (κ3) is 2.07. The Labute approximate surface area is 103 Å². The molecule has 0 spiro atoms. The maximum atomic E-state index is 4.30. The molecule has 4 heteroatoms. The number of hydrogen-bond donors (Lipinski definition) is 0. The van der Waals surface area contributed by atoms with Crippen LogP contribution in [0.15, 0.2) is 54.3 Å².